The number of non-ortho nitro benzene ring substituents is 1. The lowest BCUT2D eigenvalue weighted by Crippen LogP contribution is -2.27. The van der Waals surface area contributed by atoms with Crippen molar-refractivity contribution in [2.75, 3.05) is 11.9 Å². The third-order valence-electron chi connectivity index (χ3n) is 4.05. The molecule has 0 saturated carbocycles. The molecular formula is C19H18N4O4S. The maximum Gasteiger partial charge on any atom is 0.269 e. The molecule has 144 valence electrons. The van der Waals surface area contributed by atoms with Crippen LogP contribution in [0.1, 0.15) is 27.9 Å². The number of amides is 2. The number of hydrogen-bond donors (Lipinski definition) is 2. The fourth-order valence-corrected chi connectivity index (χ4v) is 3.79. The summed E-state index contributed by atoms with van der Waals surface area (Å²) in [4.78, 5) is 38.7. The zero-order valence-electron chi connectivity index (χ0n) is 15.3. The van der Waals surface area contributed by atoms with Gasteiger partial charge in [0.15, 0.2) is 5.13 Å². The van der Waals surface area contributed by atoms with Crippen molar-refractivity contribution in [3.05, 3.63) is 63.2 Å². The number of nitro benzene ring substituents is 1. The number of rotatable bonds is 6. The van der Waals surface area contributed by atoms with Gasteiger partial charge in [-0.2, -0.15) is 0 Å². The summed E-state index contributed by atoms with van der Waals surface area (Å²) in [5.74, 6) is -0.647. The summed E-state index contributed by atoms with van der Waals surface area (Å²) < 4.78 is 1.01. The molecule has 3 rings (SSSR count). The molecule has 0 unspecified atom stereocenters. The van der Waals surface area contributed by atoms with Crippen molar-refractivity contribution >= 4 is 44.2 Å². The Bertz CT molecular complexity index is 1060. The van der Waals surface area contributed by atoms with Crippen LogP contribution in [0.15, 0.2) is 36.4 Å². The van der Waals surface area contributed by atoms with Crippen molar-refractivity contribution in [2.24, 2.45) is 0 Å². The van der Waals surface area contributed by atoms with Crippen molar-refractivity contribution in [3.8, 4) is 0 Å². The minimum Gasteiger partial charge on any atom is -0.352 e. The highest BCUT2D eigenvalue weighted by atomic mass is 32.1. The number of hydrogen-bond acceptors (Lipinski definition) is 6. The normalized spacial score (nSPS) is 10.6. The first-order valence-corrected chi connectivity index (χ1v) is 9.35. The van der Waals surface area contributed by atoms with E-state index in [2.05, 4.69) is 15.6 Å². The summed E-state index contributed by atoms with van der Waals surface area (Å²) in [5, 5.41) is 16.5. The SMILES string of the molecule is Cc1cc(C)c2nc(NC(=O)CCNC(=O)c3ccc([N+](=O)[O-])cc3)sc2c1. The first kappa shape index (κ1) is 19.4. The molecular weight excluding hydrogens is 380 g/mol. The number of aryl methyl sites for hydroxylation is 2. The topological polar surface area (TPSA) is 114 Å². The molecule has 2 amide bonds. The van der Waals surface area contributed by atoms with Crippen molar-refractivity contribution in [1.82, 2.24) is 10.3 Å². The Morgan fingerprint density at radius 3 is 2.57 bits per heavy atom. The monoisotopic (exact) mass is 398 g/mol. The Morgan fingerprint density at radius 2 is 1.89 bits per heavy atom. The Morgan fingerprint density at radius 1 is 1.18 bits per heavy atom. The minimum absolute atomic E-state index is 0.0859. The van der Waals surface area contributed by atoms with Gasteiger partial charge in [-0.15, -0.1) is 0 Å². The van der Waals surface area contributed by atoms with Crippen LogP contribution in [0, 0.1) is 24.0 Å². The Kier molecular flexibility index (Phi) is 5.65. The van der Waals surface area contributed by atoms with Crippen LogP contribution in [0.3, 0.4) is 0 Å². The predicted molar refractivity (Wildman–Crippen MR) is 108 cm³/mol. The van der Waals surface area contributed by atoms with E-state index in [1.165, 1.54) is 35.6 Å². The third-order valence-corrected chi connectivity index (χ3v) is 4.97. The summed E-state index contributed by atoms with van der Waals surface area (Å²) in [7, 11) is 0. The van der Waals surface area contributed by atoms with Gasteiger partial charge in [0, 0.05) is 30.7 Å². The number of anilines is 1. The van der Waals surface area contributed by atoms with Gasteiger partial charge in [-0.25, -0.2) is 4.98 Å². The first-order valence-electron chi connectivity index (χ1n) is 8.54. The third kappa shape index (κ3) is 4.49. The summed E-state index contributed by atoms with van der Waals surface area (Å²) in [6.45, 7) is 4.14. The number of benzene rings is 2. The van der Waals surface area contributed by atoms with Crippen LogP contribution in [-0.2, 0) is 4.79 Å². The molecule has 0 radical (unpaired) electrons. The zero-order chi connectivity index (χ0) is 20.3. The maximum absolute atomic E-state index is 12.1. The quantitative estimate of drug-likeness (QED) is 0.486. The molecule has 0 aliphatic carbocycles. The van der Waals surface area contributed by atoms with Crippen LogP contribution in [0.25, 0.3) is 10.2 Å². The van der Waals surface area contributed by atoms with E-state index in [-0.39, 0.29) is 24.6 Å². The predicted octanol–water partition coefficient (Wildman–Crippen LogP) is 3.58. The van der Waals surface area contributed by atoms with Crippen molar-refractivity contribution in [1.29, 1.82) is 0 Å². The molecule has 2 N–H and O–H groups in total. The van der Waals surface area contributed by atoms with Crippen LogP contribution >= 0.6 is 11.3 Å². The highest BCUT2D eigenvalue weighted by Gasteiger charge is 2.12. The molecule has 0 spiro atoms. The largest absolute Gasteiger partial charge is 0.352 e. The van der Waals surface area contributed by atoms with Crippen LogP contribution in [0.4, 0.5) is 10.8 Å². The molecule has 0 fully saturated rings. The Balaban J connectivity index is 1.52. The lowest BCUT2D eigenvalue weighted by atomic mass is 10.1. The van der Waals surface area contributed by atoms with Crippen LogP contribution in [0.2, 0.25) is 0 Å². The molecule has 9 heteroatoms. The van der Waals surface area contributed by atoms with E-state index in [1.807, 2.05) is 26.0 Å². The maximum atomic E-state index is 12.1. The van der Waals surface area contributed by atoms with Crippen LogP contribution in [0.5, 0.6) is 0 Å². The molecule has 2 aromatic carbocycles. The summed E-state index contributed by atoms with van der Waals surface area (Å²) in [6, 6.07) is 9.34. The molecule has 0 saturated heterocycles. The number of nitrogens with one attached hydrogen (secondary N) is 2. The molecule has 0 aliphatic heterocycles. The van der Waals surface area contributed by atoms with E-state index >= 15 is 0 Å². The average molecular weight is 398 g/mol. The fourth-order valence-electron chi connectivity index (χ4n) is 2.73. The molecule has 8 nitrogen and oxygen atoms in total. The second kappa shape index (κ2) is 8.13. The molecule has 0 aliphatic rings. The lowest BCUT2D eigenvalue weighted by molar-refractivity contribution is -0.384. The van der Waals surface area contributed by atoms with E-state index < -0.39 is 10.8 Å². The number of fused-ring (bicyclic) bond motifs is 1. The molecule has 1 heterocycles. The van der Waals surface area contributed by atoms with Gasteiger partial charge in [0.1, 0.15) is 0 Å². The van der Waals surface area contributed by atoms with Gasteiger partial charge in [-0.1, -0.05) is 17.4 Å². The number of carbonyl (C=O) groups excluding carboxylic acids is 2. The minimum atomic E-state index is -0.531. The number of nitrogens with zero attached hydrogens (tertiary/aromatic N) is 2. The van der Waals surface area contributed by atoms with E-state index in [0.717, 1.165) is 21.3 Å². The summed E-state index contributed by atoms with van der Waals surface area (Å²) in [6.07, 6.45) is 0.0899. The number of aromatic nitrogens is 1. The number of carbonyl (C=O) groups is 2. The Hall–Kier alpha value is -3.33. The van der Waals surface area contributed by atoms with Gasteiger partial charge in [0.05, 0.1) is 15.1 Å². The van der Waals surface area contributed by atoms with E-state index in [4.69, 9.17) is 0 Å². The first-order chi connectivity index (χ1) is 13.3. The van der Waals surface area contributed by atoms with E-state index in [9.17, 15) is 19.7 Å². The number of thiazole rings is 1. The average Bonchev–Trinajstić information content (AvgIpc) is 3.04. The molecule has 1 aromatic heterocycles. The van der Waals surface area contributed by atoms with Crippen LogP contribution < -0.4 is 10.6 Å². The van der Waals surface area contributed by atoms with Crippen molar-refractivity contribution < 1.29 is 14.5 Å². The summed E-state index contributed by atoms with van der Waals surface area (Å²) in [5.41, 5.74) is 3.28. The van der Waals surface area contributed by atoms with Gasteiger partial charge < -0.3 is 10.6 Å². The second-order valence-electron chi connectivity index (χ2n) is 6.31. The number of nitro groups is 1. The van der Waals surface area contributed by atoms with E-state index in [0.29, 0.717) is 10.7 Å². The van der Waals surface area contributed by atoms with Gasteiger partial charge >= 0.3 is 0 Å². The molecule has 3 aromatic rings. The highest BCUT2D eigenvalue weighted by molar-refractivity contribution is 7.22. The molecule has 0 bridgehead atoms. The summed E-state index contributed by atoms with van der Waals surface area (Å²) >= 11 is 1.41. The van der Waals surface area contributed by atoms with Gasteiger partial charge in [0.2, 0.25) is 5.91 Å². The lowest BCUT2D eigenvalue weighted by Gasteiger charge is -2.05. The van der Waals surface area contributed by atoms with Gasteiger partial charge in [-0.3, -0.25) is 19.7 Å². The second-order valence-corrected chi connectivity index (χ2v) is 7.34. The molecule has 28 heavy (non-hydrogen) atoms. The molecule has 0 atom stereocenters. The van der Waals surface area contributed by atoms with Crippen molar-refractivity contribution in [3.63, 3.8) is 0 Å². The van der Waals surface area contributed by atoms with Crippen LogP contribution in [-0.4, -0.2) is 28.3 Å². The Labute approximate surface area is 164 Å². The van der Waals surface area contributed by atoms with Gasteiger partial charge in [0.25, 0.3) is 11.6 Å². The highest BCUT2D eigenvalue weighted by Crippen LogP contribution is 2.29. The van der Waals surface area contributed by atoms with Gasteiger partial charge in [-0.05, 0) is 43.2 Å². The zero-order valence-corrected chi connectivity index (χ0v) is 16.1. The fraction of sp³-hybridized carbons (Fsp3) is 0.211. The standard InChI is InChI=1S/C19H18N4O4S/c1-11-9-12(2)17-15(10-11)28-19(22-17)21-16(24)7-8-20-18(25)13-3-5-14(6-4-13)23(26)27/h3-6,9-10H,7-8H2,1-2H3,(H,20,25)(H,21,22,24). The van der Waals surface area contributed by atoms with Crippen molar-refractivity contribution in [2.45, 2.75) is 20.3 Å². The smallest absolute Gasteiger partial charge is 0.269 e. The van der Waals surface area contributed by atoms with E-state index in [1.54, 1.807) is 0 Å².